The summed E-state index contributed by atoms with van der Waals surface area (Å²) in [6.45, 7) is 1.08. The lowest BCUT2D eigenvalue weighted by Crippen LogP contribution is -2.52. The standard InChI is InChI=1S/C24H29BrFN3O4S/c1-17(24(31)27-20-10-3-4-11-20)28(15-18-8-7-9-19(25)14-18)23(30)16-29(34(2,32)33)22-13-6-5-12-21(22)26/h5-9,12-14,17,20H,3-4,10-11,15-16H2,1-2H3,(H,27,31)/t17-/m1/s1. The summed E-state index contributed by atoms with van der Waals surface area (Å²) in [5, 5.41) is 3.00. The number of halogens is 2. The van der Waals surface area contributed by atoms with Crippen molar-refractivity contribution in [3.63, 3.8) is 0 Å². The minimum Gasteiger partial charge on any atom is -0.352 e. The minimum atomic E-state index is -3.98. The van der Waals surface area contributed by atoms with Gasteiger partial charge in [0.2, 0.25) is 21.8 Å². The molecule has 1 saturated carbocycles. The van der Waals surface area contributed by atoms with E-state index in [1.54, 1.807) is 6.92 Å². The summed E-state index contributed by atoms with van der Waals surface area (Å²) in [4.78, 5) is 27.8. The fourth-order valence-corrected chi connectivity index (χ4v) is 5.35. The Morgan fingerprint density at radius 2 is 1.82 bits per heavy atom. The number of carbonyl (C=O) groups is 2. The zero-order valence-corrected chi connectivity index (χ0v) is 21.6. The molecule has 1 N–H and O–H groups in total. The van der Waals surface area contributed by atoms with E-state index in [0.717, 1.165) is 52.3 Å². The summed E-state index contributed by atoms with van der Waals surface area (Å²) in [7, 11) is -3.98. The van der Waals surface area contributed by atoms with Crippen molar-refractivity contribution in [1.82, 2.24) is 10.2 Å². The Morgan fingerprint density at radius 1 is 1.15 bits per heavy atom. The molecule has 2 amide bonds. The van der Waals surface area contributed by atoms with Gasteiger partial charge in [0.15, 0.2) is 0 Å². The maximum Gasteiger partial charge on any atom is 0.244 e. The number of sulfonamides is 1. The van der Waals surface area contributed by atoms with Crippen LogP contribution in [0.1, 0.15) is 38.2 Å². The lowest BCUT2D eigenvalue weighted by atomic mass is 10.1. The van der Waals surface area contributed by atoms with Crippen molar-refractivity contribution < 1.29 is 22.4 Å². The summed E-state index contributed by atoms with van der Waals surface area (Å²) in [5.41, 5.74) is 0.545. The highest BCUT2D eigenvalue weighted by Gasteiger charge is 2.32. The first-order valence-electron chi connectivity index (χ1n) is 11.1. The SMILES string of the molecule is C[C@H](C(=O)NC1CCCC1)N(Cc1cccc(Br)c1)C(=O)CN(c1ccccc1F)S(C)(=O)=O. The molecule has 2 aromatic carbocycles. The summed E-state index contributed by atoms with van der Waals surface area (Å²) in [5.74, 6) is -1.67. The largest absolute Gasteiger partial charge is 0.352 e. The van der Waals surface area contributed by atoms with Gasteiger partial charge in [-0.2, -0.15) is 0 Å². The van der Waals surface area contributed by atoms with E-state index in [2.05, 4.69) is 21.2 Å². The van der Waals surface area contributed by atoms with Crippen molar-refractivity contribution in [2.24, 2.45) is 0 Å². The molecule has 0 saturated heterocycles. The highest BCUT2D eigenvalue weighted by atomic mass is 79.9. The van der Waals surface area contributed by atoms with Crippen LogP contribution >= 0.6 is 15.9 Å². The van der Waals surface area contributed by atoms with Gasteiger partial charge in [-0.25, -0.2) is 12.8 Å². The molecule has 34 heavy (non-hydrogen) atoms. The predicted octanol–water partition coefficient (Wildman–Crippen LogP) is 3.83. The van der Waals surface area contributed by atoms with Crippen molar-refractivity contribution in [1.29, 1.82) is 0 Å². The van der Waals surface area contributed by atoms with Gasteiger partial charge in [0.05, 0.1) is 11.9 Å². The topological polar surface area (TPSA) is 86.8 Å². The predicted molar refractivity (Wildman–Crippen MR) is 133 cm³/mol. The van der Waals surface area contributed by atoms with Crippen LogP contribution in [-0.2, 0) is 26.2 Å². The minimum absolute atomic E-state index is 0.0729. The maximum absolute atomic E-state index is 14.4. The van der Waals surface area contributed by atoms with Crippen LogP contribution in [0.5, 0.6) is 0 Å². The van der Waals surface area contributed by atoms with Crippen molar-refractivity contribution in [2.45, 2.75) is 51.2 Å². The van der Waals surface area contributed by atoms with Crippen LogP contribution in [0.15, 0.2) is 53.0 Å². The molecule has 0 unspecified atom stereocenters. The number of para-hydroxylation sites is 1. The highest BCUT2D eigenvalue weighted by Crippen LogP contribution is 2.23. The number of hydrogen-bond donors (Lipinski definition) is 1. The fraction of sp³-hybridized carbons (Fsp3) is 0.417. The highest BCUT2D eigenvalue weighted by molar-refractivity contribution is 9.10. The molecule has 1 fully saturated rings. The van der Waals surface area contributed by atoms with E-state index in [4.69, 9.17) is 0 Å². The molecule has 0 aliphatic heterocycles. The Morgan fingerprint density at radius 3 is 2.44 bits per heavy atom. The number of anilines is 1. The zero-order chi connectivity index (χ0) is 24.9. The van der Waals surface area contributed by atoms with E-state index in [0.29, 0.717) is 0 Å². The van der Waals surface area contributed by atoms with Gasteiger partial charge in [-0.1, -0.05) is 53.0 Å². The zero-order valence-electron chi connectivity index (χ0n) is 19.2. The normalized spacial score (nSPS) is 15.1. The Labute approximate surface area is 208 Å². The van der Waals surface area contributed by atoms with Gasteiger partial charge in [-0.05, 0) is 49.6 Å². The Kier molecular flexibility index (Phi) is 8.70. The molecule has 0 bridgehead atoms. The third-order valence-electron chi connectivity index (χ3n) is 5.91. The second kappa shape index (κ2) is 11.3. The number of rotatable bonds is 9. The first kappa shape index (κ1) is 26.2. The Bertz CT molecular complexity index is 1140. The van der Waals surface area contributed by atoms with Crippen LogP contribution < -0.4 is 9.62 Å². The first-order valence-corrected chi connectivity index (χ1v) is 13.8. The molecule has 1 aliphatic rings. The molecule has 184 valence electrons. The van der Waals surface area contributed by atoms with Crippen molar-refractivity contribution >= 4 is 43.5 Å². The van der Waals surface area contributed by atoms with Gasteiger partial charge in [-0.15, -0.1) is 0 Å². The second-order valence-corrected chi connectivity index (χ2v) is 11.4. The molecule has 0 radical (unpaired) electrons. The van der Waals surface area contributed by atoms with Crippen molar-refractivity contribution in [3.05, 3.63) is 64.4 Å². The van der Waals surface area contributed by atoms with E-state index in [9.17, 15) is 22.4 Å². The number of amides is 2. The third-order valence-corrected chi connectivity index (χ3v) is 7.53. The van der Waals surface area contributed by atoms with Crippen LogP contribution in [0.3, 0.4) is 0 Å². The molecule has 1 atom stereocenters. The van der Waals surface area contributed by atoms with Gasteiger partial charge in [-0.3, -0.25) is 13.9 Å². The molecule has 10 heteroatoms. The Balaban J connectivity index is 1.89. The summed E-state index contributed by atoms with van der Waals surface area (Å²) < 4.78 is 40.9. The molecule has 0 heterocycles. The maximum atomic E-state index is 14.4. The van der Waals surface area contributed by atoms with E-state index >= 15 is 0 Å². The number of carbonyl (C=O) groups excluding carboxylic acids is 2. The molecule has 7 nitrogen and oxygen atoms in total. The number of hydrogen-bond acceptors (Lipinski definition) is 4. The van der Waals surface area contributed by atoms with E-state index in [-0.39, 0.29) is 24.2 Å². The van der Waals surface area contributed by atoms with Gasteiger partial charge in [0, 0.05) is 17.1 Å². The molecule has 0 spiro atoms. The molecule has 0 aromatic heterocycles. The molecular formula is C24H29BrFN3O4S. The van der Waals surface area contributed by atoms with Gasteiger partial charge >= 0.3 is 0 Å². The van der Waals surface area contributed by atoms with Crippen LogP contribution in [-0.4, -0.2) is 50.0 Å². The number of nitrogens with zero attached hydrogens (tertiary/aromatic N) is 2. The van der Waals surface area contributed by atoms with Crippen LogP contribution in [0, 0.1) is 5.82 Å². The monoisotopic (exact) mass is 553 g/mol. The molecular weight excluding hydrogens is 525 g/mol. The van der Waals surface area contributed by atoms with Gasteiger partial charge < -0.3 is 10.2 Å². The smallest absolute Gasteiger partial charge is 0.244 e. The van der Waals surface area contributed by atoms with Gasteiger partial charge in [0.1, 0.15) is 18.4 Å². The first-order chi connectivity index (χ1) is 16.1. The van der Waals surface area contributed by atoms with Crippen LogP contribution in [0.25, 0.3) is 0 Å². The van der Waals surface area contributed by atoms with Crippen molar-refractivity contribution in [3.8, 4) is 0 Å². The third kappa shape index (κ3) is 6.79. The number of benzene rings is 2. The summed E-state index contributed by atoms with van der Waals surface area (Å²) in [6, 6.07) is 11.9. The molecule has 2 aromatic rings. The van der Waals surface area contributed by atoms with Gasteiger partial charge in [0.25, 0.3) is 0 Å². The summed E-state index contributed by atoms with van der Waals surface area (Å²) >= 11 is 3.41. The lowest BCUT2D eigenvalue weighted by molar-refractivity contribution is -0.139. The Hall–Kier alpha value is -2.46. The quantitative estimate of drug-likeness (QED) is 0.511. The van der Waals surface area contributed by atoms with Crippen LogP contribution in [0.4, 0.5) is 10.1 Å². The average Bonchev–Trinajstić information content (AvgIpc) is 3.28. The molecule has 3 rings (SSSR count). The fourth-order valence-electron chi connectivity index (χ4n) is 4.06. The second-order valence-electron chi connectivity index (χ2n) is 8.54. The molecule has 1 aliphatic carbocycles. The number of nitrogens with one attached hydrogen (secondary N) is 1. The van der Waals surface area contributed by atoms with Crippen molar-refractivity contribution in [2.75, 3.05) is 17.1 Å². The lowest BCUT2D eigenvalue weighted by Gasteiger charge is -2.32. The van der Waals surface area contributed by atoms with Crippen LogP contribution in [0.2, 0.25) is 0 Å². The van der Waals surface area contributed by atoms with E-state index < -0.39 is 34.3 Å². The van der Waals surface area contributed by atoms with E-state index in [1.807, 2.05) is 24.3 Å². The van der Waals surface area contributed by atoms with E-state index in [1.165, 1.54) is 23.1 Å². The average molecular weight is 554 g/mol. The summed E-state index contributed by atoms with van der Waals surface area (Å²) in [6.07, 6.45) is 4.81.